The Morgan fingerprint density at radius 2 is 2.26 bits per heavy atom. The number of rotatable bonds is 4. The molecule has 0 saturated carbocycles. The molecular formula is C15H23BrN2O. The summed E-state index contributed by atoms with van der Waals surface area (Å²) in [5.41, 5.74) is 7.60. The monoisotopic (exact) mass is 326 g/mol. The van der Waals surface area contributed by atoms with Crippen LogP contribution in [0.5, 0.6) is 5.75 Å². The minimum atomic E-state index is 0.184. The van der Waals surface area contributed by atoms with Crippen molar-refractivity contribution in [2.45, 2.75) is 38.3 Å². The molecule has 1 saturated heterocycles. The Labute approximate surface area is 124 Å². The van der Waals surface area contributed by atoms with Crippen molar-refractivity contribution >= 4 is 15.9 Å². The highest BCUT2D eigenvalue weighted by Crippen LogP contribution is 2.37. The molecule has 2 atom stereocenters. The lowest BCUT2D eigenvalue weighted by molar-refractivity contribution is 0.126. The first-order valence-electron chi connectivity index (χ1n) is 7.00. The Bertz CT molecular complexity index is 423. The van der Waals surface area contributed by atoms with Crippen LogP contribution in [0.4, 0.5) is 0 Å². The Hall–Kier alpha value is -0.580. The minimum Gasteiger partial charge on any atom is -0.496 e. The number of ether oxygens (including phenoxy) is 1. The Morgan fingerprint density at radius 3 is 2.95 bits per heavy atom. The summed E-state index contributed by atoms with van der Waals surface area (Å²) in [7, 11) is 1.73. The van der Waals surface area contributed by atoms with E-state index < -0.39 is 0 Å². The first kappa shape index (κ1) is 14.8. The van der Waals surface area contributed by atoms with Gasteiger partial charge in [0.25, 0.3) is 0 Å². The molecule has 0 amide bonds. The average molecular weight is 327 g/mol. The number of nitrogens with zero attached hydrogens (tertiary/aromatic N) is 1. The topological polar surface area (TPSA) is 38.5 Å². The van der Waals surface area contributed by atoms with Crippen LogP contribution in [0.2, 0.25) is 0 Å². The third-order valence-corrected chi connectivity index (χ3v) is 4.30. The molecule has 1 aliphatic rings. The van der Waals surface area contributed by atoms with E-state index in [1.54, 1.807) is 7.11 Å². The van der Waals surface area contributed by atoms with Gasteiger partial charge in [-0.1, -0.05) is 22.9 Å². The number of hydrogen-bond donors (Lipinski definition) is 1. The van der Waals surface area contributed by atoms with E-state index >= 15 is 0 Å². The molecule has 106 valence electrons. The van der Waals surface area contributed by atoms with Crippen LogP contribution in [0.1, 0.15) is 37.8 Å². The maximum absolute atomic E-state index is 6.39. The predicted molar refractivity (Wildman–Crippen MR) is 82.5 cm³/mol. The first-order chi connectivity index (χ1) is 9.17. The number of benzene rings is 1. The average Bonchev–Trinajstić information content (AvgIpc) is 2.39. The second-order valence-electron chi connectivity index (χ2n) is 5.17. The first-order valence-corrected chi connectivity index (χ1v) is 7.79. The molecule has 2 unspecified atom stereocenters. The lowest BCUT2D eigenvalue weighted by atomic mass is 9.90. The van der Waals surface area contributed by atoms with E-state index in [1.165, 1.54) is 12.0 Å². The SMILES string of the molecule is CCCN1CCCC(N)C1c1cc(Br)ccc1OC. The van der Waals surface area contributed by atoms with Crippen molar-refractivity contribution in [2.75, 3.05) is 20.2 Å². The number of likely N-dealkylation sites (tertiary alicyclic amines) is 1. The van der Waals surface area contributed by atoms with E-state index in [-0.39, 0.29) is 12.1 Å². The summed E-state index contributed by atoms with van der Waals surface area (Å²) in [6.45, 7) is 4.44. The molecule has 0 aliphatic carbocycles. The second-order valence-corrected chi connectivity index (χ2v) is 6.09. The van der Waals surface area contributed by atoms with Crippen LogP contribution in [0, 0.1) is 0 Å². The van der Waals surface area contributed by atoms with Crippen LogP contribution in [0.15, 0.2) is 22.7 Å². The van der Waals surface area contributed by atoms with Crippen LogP contribution in [-0.4, -0.2) is 31.1 Å². The molecule has 1 aliphatic heterocycles. The molecule has 2 N–H and O–H groups in total. The van der Waals surface area contributed by atoms with Gasteiger partial charge in [-0.3, -0.25) is 4.90 Å². The maximum atomic E-state index is 6.39. The standard InChI is InChI=1S/C15H23BrN2O/c1-3-8-18-9-4-5-13(17)15(18)12-10-11(16)6-7-14(12)19-2/h6-7,10,13,15H,3-5,8-9,17H2,1-2H3. The molecule has 1 aromatic carbocycles. The molecule has 0 radical (unpaired) electrons. The van der Waals surface area contributed by atoms with Crippen molar-refractivity contribution in [3.05, 3.63) is 28.2 Å². The van der Waals surface area contributed by atoms with Crippen molar-refractivity contribution in [3.8, 4) is 5.75 Å². The van der Waals surface area contributed by atoms with Crippen molar-refractivity contribution in [3.63, 3.8) is 0 Å². The summed E-state index contributed by atoms with van der Waals surface area (Å²) in [5.74, 6) is 0.937. The molecule has 0 aromatic heterocycles. The highest BCUT2D eigenvalue weighted by molar-refractivity contribution is 9.10. The van der Waals surface area contributed by atoms with Crippen molar-refractivity contribution < 1.29 is 4.74 Å². The van der Waals surface area contributed by atoms with Gasteiger partial charge >= 0.3 is 0 Å². The smallest absolute Gasteiger partial charge is 0.123 e. The van der Waals surface area contributed by atoms with Crippen molar-refractivity contribution in [2.24, 2.45) is 5.73 Å². The predicted octanol–water partition coefficient (Wildman–Crippen LogP) is 3.33. The van der Waals surface area contributed by atoms with Gasteiger partial charge in [-0.15, -0.1) is 0 Å². The fraction of sp³-hybridized carbons (Fsp3) is 0.600. The zero-order valence-electron chi connectivity index (χ0n) is 11.7. The lowest BCUT2D eigenvalue weighted by Gasteiger charge is -2.40. The summed E-state index contributed by atoms with van der Waals surface area (Å²) in [6, 6.07) is 6.63. The van der Waals surface area contributed by atoms with Crippen LogP contribution in [-0.2, 0) is 0 Å². The summed E-state index contributed by atoms with van der Waals surface area (Å²) in [6.07, 6.45) is 3.42. The van der Waals surface area contributed by atoms with Gasteiger partial charge in [0.2, 0.25) is 0 Å². The highest BCUT2D eigenvalue weighted by atomic mass is 79.9. The third-order valence-electron chi connectivity index (χ3n) is 3.80. The van der Waals surface area contributed by atoms with Crippen molar-refractivity contribution in [1.29, 1.82) is 0 Å². The Balaban J connectivity index is 2.37. The Kier molecular flexibility index (Phi) is 5.25. The van der Waals surface area contributed by atoms with E-state index in [4.69, 9.17) is 10.5 Å². The zero-order chi connectivity index (χ0) is 13.8. The van der Waals surface area contributed by atoms with E-state index in [0.717, 1.165) is 36.2 Å². The largest absolute Gasteiger partial charge is 0.496 e. The maximum Gasteiger partial charge on any atom is 0.123 e. The molecular weight excluding hydrogens is 304 g/mol. The van der Waals surface area contributed by atoms with Crippen LogP contribution in [0.25, 0.3) is 0 Å². The van der Waals surface area contributed by atoms with Crippen LogP contribution in [0.3, 0.4) is 0 Å². The van der Waals surface area contributed by atoms with Gasteiger partial charge in [-0.25, -0.2) is 0 Å². The second kappa shape index (κ2) is 6.73. The van der Waals surface area contributed by atoms with Crippen LogP contribution >= 0.6 is 15.9 Å². The number of piperidine rings is 1. The number of nitrogens with two attached hydrogens (primary N) is 1. The molecule has 1 heterocycles. The molecule has 4 heteroatoms. The zero-order valence-corrected chi connectivity index (χ0v) is 13.3. The summed E-state index contributed by atoms with van der Waals surface area (Å²) in [5, 5.41) is 0. The fourth-order valence-electron chi connectivity index (χ4n) is 3.00. The summed E-state index contributed by atoms with van der Waals surface area (Å²) in [4.78, 5) is 2.50. The van der Waals surface area contributed by atoms with Gasteiger partial charge in [-0.2, -0.15) is 0 Å². The molecule has 1 fully saturated rings. The van der Waals surface area contributed by atoms with E-state index in [1.807, 2.05) is 12.1 Å². The summed E-state index contributed by atoms with van der Waals surface area (Å²) < 4.78 is 6.61. The summed E-state index contributed by atoms with van der Waals surface area (Å²) >= 11 is 3.56. The fourth-order valence-corrected chi connectivity index (χ4v) is 3.38. The van der Waals surface area contributed by atoms with E-state index in [0.29, 0.717) is 0 Å². The normalized spacial score (nSPS) is 24.4. The van der Waals surface area contributed by atoms with E-state index in [2.05, 4.69) is 33.8 Å². The molecule has 0 bridgehead atoms. The molecule has 19 heavy (non-hydrogen) atoms. The quantitative estimate of drug-likeness (QED) is 0.922. The van der Waals surface area contributed by atoms with Gasteiger partial charge in [0.05, 0.1) is 13.2 Å². The number of hydrogen-bond acceptors (Lipinski definition) is 3. The third kappa shape index (κ3) is 3.30. The van der Waals surface area contributed by atoms with Gasteiger partial charge in [0.15, 0.2) is 0 Å². The molecule has 1 aromatic rings. The van der Waals surface area contributed by atoms with Gasteiger partial charge < -0.3 is 10.5 Å². The number of halogens is 1. The molecule has 0 spiro atoms. The lowest BCUT2D eigenvalue weighted by Crippen LogP contribution is -2.46. The van der Waals surface area contributed by atoms with E-state index in [9.17, 15) is 0 Å². The van der Waals surface area contributed by atoms with Crippen molar-refractivity contribution in [1.82, 2.24) is 4.90 Å². The highest BCUT2D eigenvalue weighted by Gasteiger charge is 2.31. The molecule has 2 rings (SSSR count). The Morgan fingerprint density at radius 1 is 1.47 bits per heavy atom. The van der Waals surface area contributed by atoms with Gasteiger partial charge in [0, 0.05) is 16.1 Å². The van der Waals surface area contributed by atoms with Gasteiger partial charge in [0.1, 0.15) is 5.75 Å². The minimum absolute atomic E-state index is 0.184. The van der Waals surface area contributed by atoms with Crippen LogP contribution < -0.4 is 10.5 Å². The number of methoxy groups -OCH3 is 1. The van der Waals surface area contributed by atoms with Gasteiger partial charge in [-0.05, 0) is 50.6 Å². The molecule has 3 nitrogen and oxygen atoms in total.